The van der Waals surface area contributed by atoms with E-state index in [2.05, 4.69) is 20.7 Å². The van der Waals surface area contributed by atoms with Crippen LogP contribution in [-0.4, -0.2) is 19.3 Å². The maximum Gasteiger partial charge on any atom is 0.240 e. The fourth-order valence-corrected chi connectivity index (χ4v) is 3.34. The van der Waals surface area contributed by atoms with Crippen LogP contribution in [0.1, 0.15) is 20.3 Å². The van der Waals surface area contributed by atoms with E-state index in [4.69, 9.17) is 0 Å². The second-order valence-electron chi connectivity index (χ2n) is 4.11. The zero-order valence-corrected chi connectivity index (χ0v) is 12.4. The number of halogens is 3. The van der Waals surface area contributed by atoms with Gasteiger partial charge in [0.05, 0.1) is 4.90 Å². The smallest absolute Gasteiger partial charge is 0.208 e. The number of hydrogen-bond acceptors (Lipinski definition) is 2. The van der Waals surface area contributed by atoms with Crippen molar-refractivity contribution in [2.24, 2.45) is 0 Å². The number of nitrogens with one attached hydrogen (secondary N) is 1. The van der Waals surface area contributed by atoms with Crippen LogP contribution >= 0.6 is 15.9 Å². The summed E-state index contributed by atoms with van der Waals surface area (Å²) in [5.74, 6) is -2.25. The molecule has 0 radical (unpaired) electrons. The highest BCUT2D eigenvalue weighted by Crippen LogP contribution is 2.15. The average Bonchev–Trinajstić information content (AvgIpc) is 2.19. The molecule has 0 bridgehead atoms. The van der Waals surface area contributed by atoms with Crippen LogP contribution < -0.4 is 4.72 Å². The summed E-state index contributed by atoms with van der Waals surface area (Å²) >= 11 is 3.32. The molecule has 0 heterocycles. The fraction of sp³-hybridized carbons (Fsp3) is 0.455. The minimum absolute atomic E-state index is 0.153. The first-order valence-electron chi connectivity index (χ1n) is 5.34. The maximum absolute atomic E-state index is 13.0. The van der Waals surface area contributed by atoms with Gasteiger partial charge in [0, 0.05) is 10.9 Å². The molecule has 1 aromatic rings. The highest BCUT2D eigenvalue weighted by atomic mass is 79.9. The van der Waals surface area contributed by atoms with Gasteiger partial charge in [-0.25, -0.2) is 21.9 Å². The second kappa shape index (κ2) is 6.08. The summed E-state index contributed by atoms with van der Waals surface area (Å²) < 4.78 is 51.9. The summed E-state index contributed by atoms with van der Waals surface area (Å²) in [5.41, 5.74) is 0. The molecule has 0 aliphatic heterocycles. The van der Waals surface area contributed by atoms with Crippen LogP contribution in [0.4, 0.5) is 8.78 Å². The SMILES string of the molecule is CC(Br)CC(C)NS(=O)(=O)c1ccc(F)c(F)c1. The molecular weight excluding hydrogens is 328 g/mol. The Labute approximate surface area is 114 Å². The lowest BCUT2D eigenvalue weighted by Crippen LogP contribution is -2.34. The summed E-state index contributed by atoms with van der Waals surface area (Å²) in [6, 6.07) is 2.19. The van der Waals surface area contributed by atoms with E-state index in [1.54, 1.807) is 6.92 Å². The molecule has 1 N–H and O–H groups in total. The zero-order chi connectivity index (χ0) is 13.9. The van der Waals surface area contributed by atoms with Gasteiger partial charge in [-0.15, -0.1) is 0 Å². The van der Waals surface area contributed by atoms with Gasteiger partial charge < -0.3 is 0 Å². The van der Waals surface area contributed by atoms with Crippen LogP contribution in [0.2, 0.25) is 0 Å². The van der Waals surface area contributed by atoms with Gasteiger partial charge in [-0.1, -0.05) is 22.9 Å². The van der Waals surface area contributed by atoms with Crippen LogP contribution in [0.15, 0.2) is 23.1 Å². The van der Waals surface area contributed by atoms with Gasteiger partial charge in [0.1, 0.15) is 0 Å². The highest BCUT2D eigenvalue weighted by Gasteiger charge is 2.19. The van der Waals surface area contributed by atoms with Gasteiger partial charge in [0.15, 0.2) is 11.6 Å². The molecule has 0 amide bonds. The van der Waals surface area contributed by atoms with E-state index in [9.17, 15) is 17.2 Å². The monoisotopic (exact) mass is 341 g/mol. The van der Waals surface area contributed by atoms with Gasteiger partial charge in [-0.2, -0.15) is 0 Å². The third kappa shape index (κ3) is 4.29. The number of alkyl halides is 1. The molecule has 7 heteroatoms. The normalized spacial score (nSPS) is 15.4. The Balaban J connectivity index is 2.89. The molecule has 0 fully saturated rings. The summed E-state index contributed by atoms with van der Waals surface area (Å²) in [6.45, 7) is 3.59. The molecule has 0 aliphatic carbocycles. The van der Waals surface area contributed by atoms with Crippen molar-refractivity contribution in [3.05, 3.63) is 29.8 Å². The number of benzene rings is 1. The van der Waals surface area contributed by atoms with Crippen molar-refractivity contribution in [2.45, 2.75) is 36.0 Å². The maximum atomic E-state index is 13.0. The van der Waals surface area contributed by atoms with Crippen molar-refractivity contribution in [2.75, 3.05) is 0 Å². The molecule has 1 rings (SSSR count). The molecule has 1 aromatic carbocycles. The van der Waals surface area contributed by atoms with Crippen LogP contribution in [-0.2, 0) is 10.0 Å². The molecule has 0 saturated heterocycles. The number of hydrogen-bond donors (Lipinski definition) is 1. The molecule has 0 aromatic heterocycles. The van der Waals surface area contributed by atoms with Crippen molar-refractivity contribution in [3.8, 4) is 0 Å². The van der Waals surface area contributed by atoms with Gasteiger partial charge in [-0.3, -0.25) is 0 Å². The summed E-state index contributed by atoms with van der Waals surface area (Å²) in [4.78, 5) is -0.129. The van der Waals surface area contributed by atoms with Crippen molar-refractivity contribution in [1.82, 2.24) is 4.72 Å². The van der Waals surface area contributed by atoms with Crippen LogP contribution in [0, 0.1) is 11.6 Å². The predicted octanol–water partition coefficient (Wildman–Crippen LogP) is 2.81. The molecule has 3 nitrogen and oxygen atoms in total. The lowest BCUT2D eigenvalue weighted by Gasteiger charge is -2.15. The Bertz CT molecular complexity index is 520. The second-order valence-corrected chi connectivity index (χ2v) is 7.39. The molecule has 0 aliphatic rings. The Morgan fingerprint density at radius 3 is 2.39 bits per heavy atom. The van der Waals surface area contributed by atoms with Gasteiger partial charge in [-0.05, 0) is 31.5 Å². The van der Waals surface area contributed by atoms with Crippen LogP contribution in [0.3, 0.4) is 0 Å². The minimum Gasteiger partial charge on any atom is -0.208 e. The first-order chi connectivity index (χ1) is 8.22. The number of rotatable bonds is 5. The number of sulfonamides is 1. The fourth-order valence-electron chi connectivity index (χ4n) is 1.51. The Hall–Kier alpha value is -0.530. The molecule has 2 unspecified atom stereocenters. The molecule has 0 spiro atoms. The highest BCUT2D eigenvalue weighted by molar-refractivity contribution is 9.09. The Morgan fingerprint density at radius 1 is 1.28 bits per heavy atom. The van der Waals surface area contributed by atoms with E-state index in [-0.39, 0.29) is 15.8 Å². The molecule has 18 heavy (non-hydrogen) atoms. The first kappa shape index (κ1) is 15.5. The summed E-state index contributed by atoms with van der Waals surface area (Å²) in [5, 5.41) is 0. The van der Waals surface area contributed by atoms with E-state index in [0.717, 1.165) is 12.1 Å². The van der Waals surface area contributed by atoms with Gasteiger partial charge >= 0.3 is 0 Å². The van der Waals surface area contributed by atoms with E-state index in [0.29, 0.717) is 12.5 Å². The van der Waals surface area contributed by atoms with Gasteiger partial charge in [0.2, 0.25) is 10.0 Å². The Kier molecular flexibility index (Phi) is 5.24. The molecule has 0 saturated carbocycles. The summed E-state index contributed by atoms with van der Waals surface area (Å²) in [6.07, 6.45) is 0.586. The van der Waals surface area contributed by atoms with E-state index in [1.165, 1.54) is 0 Å². The van der Waals surface area contributed by atoms with Gasteiger partial charge in [0.25, 0.3) is 0 Å². The van der Waals surface area contributed by atoms with E-state index in [1.807, 2.05) is 6.92 Å². The quantitative estimate of drug-likeness (QED) is 0.837. The standard InChI is InChI=1S/C11H14BrF2NO2S/c1-7(12)5-8(2)15-18(16,17)9-3-4-10(13)11(14)6-9/h3-4,6-8,15H,5H2,1-2H3. The lowest BCUT2D eigenvalue weighted by molar-refractivity contribution is 0.503. The topological polar surface area (TPSA) is 46.2 Å². The predicted molar refractivity (Wildman–Crippen MR) is 69.1 cm³/mol. The molecule has 2 atom stereocenters. The Morgan fingerprint density at radius 2 is 1.89 bits per heavy atom. The van der Waals surface area contributed by atoms with Crippen molar-refractivity contribution < 1.29 is 17.2 Å². The molecule has 102 valence electrons. The summed E-state index contributed by atoms with van der Waals surface area (Å²) in [7, 11) is -3.82. The molecular formula is C11H14BrF2NO2S. The van der Waals surface area contributed by atoms with Crippen molar-refractivity contribution in [3.63, 3.8) is 0 Å². The van der Waals surface area contributed by atoms with E-state index >= 15 is 0 Å². The van der Waals surface area contributed by atoms with Crippen LogP contribution in [0.5, 0.6) is 0 Å². The average molecular weight is 342 g/mol. The van der Waals surface area contributed by atoms with E-state index < -0.39 is 21.7 Å². The third-order valence-corrected chi connectivity index (χ3v) is 4.20. The zero-order valence-electron chi connectivity index (χ0n) is 9.95. The third-order valence-electron chi connectivity index (χ3n) is 2.24. The van der Waals surface area contributed by atoms with Crippen molar-refractivity contribution in [1.29, 1.82) is 0 Å². The van der Waals surface area contributed by atoms with Crippen LogP contribution in [0.25, 0.3) is 0 Å². The largest absolute Gasteiger partial charge is 0.240 e. The first-order valence-corrected chi connectivity index (χ1v) is 7.73. The lowest BCUT2D eigenvalue weighted by atomic mass is 10.2. The minimum atomic E-state index is -3.82. The van der Waals surface area contributed by atoms with Crippen molar-refractivity contribution >= 4 is 26.0 Å².